The predicted octanol–water partition coefficient (Wildman–Crippen LogP) is 3.29. The Labute approximate surface area is 97.6 Å². The van der Waals surface area contributed by atoms with Crippen molar-refractivity contribution in [3.05, 3.63) is 33.9 Å². The molecule has 100 valence electrons. The lowest BCUT2D eigenvalue weighted by Gasteiger charge is -2.13. The molecule has 4 nitrogen and oxygen atoms in total. The first-order chi connectivity index (χ1) is 8.21. The highest BCUT2D eigenvalue weighted by atomic mass is 19.4. The van der Waals surface area contributed by atoms with Crippen LogP contribution in [0.4, 0.5) is 33.3 Å². The highest BCUT2D eigenvalue weighted by molar-refractivity contribution is 5.57. The largest absolute Gasteiger partial charge is 0.418 e. The summed E-state index contributed by atoms with van der Waals surface area (Å²) in [5, 5.41) is 12.2. The Hall–Kier alpha value is -1.93. The summed E-state index contributed by atoms with van der Waals surface area (Å²) in [7, 11) is 0. The molecule has 1 aromatic rings. The monoisotopic (exact) mass is 270 g/mol. The summed E-state index contributed by atoms with van der Waals surface area (Å²) in [5.74, 6) is 0. The number of alkyl halides is 5. The van der Waals surface area contributed by atoms with Crippen LogP contribution in [-0.4, -0.2) is 17.9 Å². The van der Waals surface area contributed by atoms with Gasteiger partial charge in [0.05, 0.1) is 17.0 Å². The minimum absolute atomic E-state index is 0.299. The van der Waals surface area contributed by atoms with Crippen molar-refractivity contribution in [2.24, 2.45) is 0 Å². The molecule has 1 rings (SSSR count). The van der Waals surface area contributed by atoms with E-state index < -0.39 is 41.0 Å². The number of anilines is 1. The zero-order valence-electron chi connectivity index (χ0n) is 8.67. The van der Waals surface area contributed by atoms with Crippen molar-refractivity contribution in [2.45, 2.75) is 12.6 Å². The van der Waals surface area contributed by atoms with Crippen molar-refractivity contribution < 1.29 is 26.9 Å². The van der Waals surface area contributed by atoms with E-state index in [1.54, 1.807) is 0 Å². The Balaban J connectivity index is 3.13. The van der Waals surface area contributed by atoms with Gasteiger partial charge in [-0.25, -0.2) is 8.78 Å². The van der Waals surface area contributed by atoms with Crippen LogP contribution in [-0.2, 0) is 6.18 Å². The molecule has 0 aliphatic carbocycles. The molecule has 0 amide bonds. The van der Waals surface area contributed by atoms with Crippen molar-refractivity contribution in [2.75, 3.05) is 11.9 Å². The summed E-state index contributed by atoms with van der Waals surface area (Å²) < 4.78 is 61.5. The number of rotatable bonds is 4. The molecular formula is C9H7F5N2O2. The average molecular weight is 270 g/mol. The molecule has 0 aliphatic heterocycles. The lowest BCUT2D eigenvalue weighted by atomic mass is 10.1. The number of hydrogen-bond donors (Lipinski definition) is 1. The van der Waals surface area contributed by atoms with Crippen LogP contribution in [0.15, 0.2) is 18.2 Å². The molecule has 1 aromatic carbocycles. The summed E-state index contributed by atoms with van der Waals surface area (Å²) in [6.07, 6.45) is -7.70. The van der Waals surface area contributed by atoms with Crippen LogP contribution in [0.5, 0.6) is 0 Å². The number of hydrogen-bond acceptors (Lipinski definition) is 3. The van der Waals surface area contributed by atoms with Crippen molar-refractivity contribution in [3.63, 3.8) is 0 Å². The Morgan fingerprint density at radius 2 is 1.94 bits per heavy atom. The van der Waals surface area contributed by atoms with Crippen LogP contribution in [0.3, 0.4) is 0 Å². The van der Waals surface area contributed by atoms with E-state index in [9.17, 15) is 32.1 Å². The van der Waals surface area contributed by atoms with E-state index in [-0.39, 0.29) is 0 Å². The van der Waals surface area contributed by atoms with Gasteiger partial charge in [0.2, 0.25) is 0 Å². The second kappa shape index (κ2) is 5.15. The third-order valence-electron chi connectivity index (χ3n) is 1.97. The molecule has 0 saturated heterocycles. The summed E-state index contributed by atoms with van der Waals surface area (Å²) in [5.41, 5.74) is -2.73. The van der Waals surface area contributed by atoms with Crippen molar-refractivity contribution in [1.82, 2.24) is 0 Å². The molecule has 1 N–H and O–H groups in total. The predicted molar refractivity (Wildman–Crippen MR) is 52.6 cm³/mol. The van der Waals surface area contributed by atoms with Gasteiger partial charge in [0.1, 0.15) is 0 Å². The van der Waals surface area contributed by atoms with Crippen LogP contribution in [0.1, 0.15) is 5.56 Å². The van der Waals surface area contributed by atoms with Gasteiger partial charge in [0.25, 0.3) is 12.1 Å². The molecule has 0 aromatic heterocycles. The SMILES string of the molecule is O=[N+]([O-])c1ccc(NCC(F)F)c(C(F)(F)F)c1. The van der Waals surface area contributed by atoms with E-state index >= 15 is 0 Å². The summed E-state index contributed by atoms with van der Waals surface area (Å²) in [4.78, 5) is 9.36. The first-order valence-electron chi connectivity index (χ1n) is 4.59. The van der Waals surface area contributed by atoms with Gasteiger partial charge in [-0.15, -0.1) is 0 Å². The molecule has 0 bridgehead atoms. The van der Waals surface area contributed by atoms with Gasteiger partial charge in [-0.1, -0.05) is 0 Å². The summed E-state index contributed by atoms with van der Waals surface area (Å²) in [6, 6.07) is 1.86. The van der Waals surface area contributed by atoms with E-state index in [4.69, 9.17) is 0 Å². The van der Waals surface area contributed by atoms with Crippen LogP contribution < -0.4 is 5.32 Å². The minimum atomic E-state index is -4.86. The van der Waals surface area contributed by atoms with E-state index in [1.807, 2.05) is 5.32 Å². The fourth-order valence-electron chi connectivity index (χ4n) is 1.22. The summed E-state index contributed by atoms with van der Waals surface area (Å²) >= 11 is 0. The fraction of sp³-hybridized carbons (Fsp3) is 0.333. The van der Waals surface area contributed by atoms with Gasteiger partial charge in [0, 0.05) is 17.8 Å². The number of halogens is 5. The lowest BCUT2D eigenvalue weighted by molar-refractivity contribution is -0.385. The third kappa shape index (κ3) is 3.54. The molecule has 0 saturated carbocycles. The zero-order chi connectivity index (χ0) is 13.9. The van der Waals surface area contributed by atoms with E-state index in [0.29, 0.717) is 6.07 Å². The van der Waals surface area contributed by atoms with Crippen LogP contribution in [0.2, 0.25) is 0 Å². The first-order valence-corrected chi connectivity index (χ1v) is 4.59. The molecule has 18 heavy (non-hydrogen) atoms. The zero-order valence-corrected chi connectivity index (χ0v) is 8.67. The minimum Gasteiger partial charge on any atom is -0.379 e. The van der Waals surface area contributed by atoms with E-state index in [0.717, 1.165) is 12.1 Å². The quantitative estimate of drug-likeness (QED) is 0.519. The Bertz CT molecular complexity index is 447. The standard InChI is InChI=1S/C9H7F5N2O2/c10-8(11)4-15-7-2-1-5(16(17)18)3-6(7)9(12,13)14/h1-3,8,15H,4H2. The topological polar surface area (TPSA) is 55.2 Å². The molecule has 0 aliphatic rings. The number of nitro groups is 1. The van der Waals surface area contributed by atoms with Crippen molar-refractivity contribution in [3.8, 4) is 0 Å². The molecule has 0 atom stereocenters. The Kier molecular flexibility index (Phi) is 4.04. The smallest absolute Gasteiger partial charge is 0.379 e. The molecule has 0 radical (unpaired) electrons. The normalized spacial score (nSPS) is 11.7. The second-order valence-corrected chi connectivity index (χ2v) is 3.26. The van der Waals surface area contributed by atoms with Crippen LogP contribution >= 0.6 is 0 Å². The average Bonchev–Trinajstić information content (AvgIpc) is 2.24. The fourth-order valence-corrected chi connectivity index (χ4v) is 1.22. The lowest BCUT2D eigenvalue weighted by Crippen LogP contribution is -2.15. The highest BCUT2D eigenvalue weighted by Gasteiger charge is 2.35. The third-order valence-corrected chi connectivity index (χ3v) is 1.97. The van der Waals surface area contributed by atoms with Crippen molar-refractivity contribution >= 4 is 11.4 Å². The maximum atomic E-state index is 12.6. The van der Waals surface area contributed by atoms with Crippen molar-refractivity contribution in [1.29, 1.82) is 0 Å². The first kappa shape index (κ1) is 14.1. The van der Waals surface area contributed by atoms with Gasteiger partial charge in [0.15, 0.2) is 0 Å². The van der Waals surface area contributed by atoms with Crippen LogP contribution in [0.25, 0.3) is 0 Å². The Morgan fingerprint density at radius 3 is 2.39 bits per heavy atom. The van der Waals surface area contributed by atoms with Gasteiger partial charge in [-0.2, -0.15) is 13.2 Å². The molecule has 0 spiro atoms. The maximum absolute atomic E-state index is 12.6. The number of nitrogens with one attached hydrogen (secondary N) is 1. The van der Waals surface area contributed by atoms with Gasteiger partial charge in [-0.3, -0.25) is 10.1 Å². The molecule has 9 heteroatoms. The number of nitro benzene ring substituents is 1. The van der Waals surface area contributed by atoms with E-state index in [2.05, 4.69) is 0 Å². The van der Waals surface area contributed by atoms with Gasteiger partial charge >= 0.3 is 6.18 Å². The summed E-state index contributed by atoms with van der Waals surface area (Å²) in [6.45, 7) is -0.971. The van der Waals surface area contributed by atoms with E-state index in [1.165, 1.54) is 0 Å². The maximum Gasteiger partial charge on any atom is 0.418 e. The Morgan fingerprint density at radius 1 is 1.33 bits per heavy atom. The number of nitrogens with zero attached hydrogens (tertiary/aromatic N) is 1. The molecule has 0 fully saturated rings. The number of benzene rings is 1. The molecular weight excluding hydrogens is 263 g/mol. The van der Waals surface area contributed by atoms with Gasteiger partial charge < -0.3 is 5.32 Å². The number of non-ortho nitro benzene ring substituents is 1. The van der Waals surface area contributed by atoms with Gasteiger partial charge in [-0.05, 0) is 6.07 Å². The van der Waals surface area contributed by atoms with Crippen LogP contribution in [0, 0.1) is 10.1 Å². The second-order valence-electron chi connectivity index (χ2n) is 3.26. The highest BCUT2D eigenvalue weighted by Crippen LogP contribution is 2.37. The molecule has 0 unspecified atom stereocenters. The molecule has 0 heterocycles.